The summed E-state index contributed by atoms with van der Waals surface area (Å²) in [5.74, 6) is -0.0809. The molecule has 4 nitrogen and oxygen atoms in total. The van der Waals surface area contributed by atoms with Crippen LogP contribution in [0.3, 0.4) is 0 Å². The third-order valence-electron chi connectivity index (χ3n) is 3.73. The Bertz CT molecular complexity index is 717. The predicted octanol–water partition coefficient (Wildman–Crippen LogP) is 5.06. The van der Waals surface area contributed by atoms with E-state index in [1.54, 1.807) is 13.8 Å². The van der Waals surface area contributed by atoms with Crippen LogP contribution in [0.4, 0.5) is 5.00 Å². The van der Waals surface area contributed by atoms with Gasteiger partial charge in [0, 0.05) is 17.4 Å². The van der Waals surface area contributed by atoms with Crippen LogP contribution in [-0.4, -0.2) is 18.5 Å². The summed E-state index contributed by atoms with van der Waals surface area (Å²) in [6.45, 7) is 8.12. The molecule has 24 heavy (non-hydrogen) atoms. The van der Waals surface area contributed by atoms with Gasteiger partial charge in [-0.3, -0.25) is 4.79 Å². The molecule has 0 radical (unpaired) electrons. The Morgan fingerprint density at radius 3 is 2.38 bits per heavy atom. The van der Waals surface area contributed by atoms with E-state index in [1.165, 1.54) is 16.9 Å². The average Bonchev–Trinajstić information content (AvgIpc) is 2.98. The number of ether oxygens (including phenoxy) is 1. The second-order valence-corrected chi connectivity index (χ2v) is 6.63. The molecule has 5 heteroatoms. The average molecular weight is 345 g/mol. The molecule has 2 rings (SSSR count). The minimum absolute atomic E-state index is 0.121. The highest BCUT2D eigenvalue weighted by Gasteiger charge is 2.22. The zero-order valence-electron chi connectivity index (χ0n) is 14.5. The Labute approximate surface area is 146 Å². The van der Waals surface area contributed by atoms with Crippen molar-refractivity contribution in [2.45, 2.75) is 40.0 Å². The van der Waals surface area contributed by atoms with Crippen LogP contribution in [-0.2, 0) is 9.53 Å². The van der Waals surface area contributed by atoms with Gasteiger partial charge in [0.2, 0.25) is 5.91 Å². The molecule has 128 valence electrons. The van der Waals surface area contributed by atoms with Crippen molar-refractivity contribution in [2.24, 2.45) is 0 Å². The van der Waals surface area contributed by atoms with Gasteiger partial charge in [-0.25, -0.2) is 4.79 Å². The molecule has 0 atom stereocenters. The number of carbonyl (C=O) groups is 2. The summed E-state index contributed by atoms with van der Waals surface area (Å²) in [5, 5.41) is 5.23. The fourth-order valence-electron chi connectivity index (χ4n) is 2.33. The number of anilines is 1. The minimum atomic E-state index is -0.409. The van der Waals surface area contributed by atoms with Crippen LogP contribution in [0.25, 0.3) is 11.1 Å². The number of carbonyl (C=O) groups excluding carboxylic acids is 2. The zero-order valence-corrected chi connectivity index (χ0v) is 15.3. The minimum Gasteiger partial charge on any atom is -0.462 e. The Kier molecular flexibility index (Phi) is 6.15. The molecule has 0 aliphatic rings. The van der Waals surface area contributed by atoms with E-state index in [-0.39, 0.29) is 5.91 Å². The summed E-state index contributed by atoms with van der Waals surface area (Å²) in [7, 11) is 0. The normalized spacial score (nSPS) is 10.7. The highest BCUT2D eigenvalue weighted by Crippen LogP contribution is 2.36. The van der Waals surface area contributed by atoms with Crippen molar-refractivity contribution in [1.29, 1.82) is 0 Å². The number of rotatable bonds is 6. The van der Waals surface area contributed by atoms with Gasteiger partial charge in [-0.2, -0.15) is 0 Å². The van der Waals surface area contributed by atoms with Crippen LogP contribution in [0.1, 0.15) is 56.0 Å². The van der Waals surface area contributed by atoms with Gasteiger partial charge in [0.15, 0.2) is 0 Å². The van der Waals surface area contributed by atoms with E-state index in [1.807, 2.05) is 17.5 Å². The van der Waals surface area contributed by atoms with Crippen LogP contribution in [0, 0.1) is 0 Å². The zero-order chi connectivity index (χ0) is 17.7. The maximum Gasteiger partial charge on any atom is 0.341 e. The lowest BCUT2D eigenvalue weighted by molar-refractivity contribution is -0.115. The fraction of sp³-hybridized carbons (Fsp3) is 0.368. The van der Waals surface area contributed by atoms with Crippen LogP contribution in [0.5, 0.6) is 0 Å². The van der Waals surface area contributed by atoms with Crippen LogP contribution >= 0.6 is 11.3 Å². The number of hydrogen-bond acceptors (Lipinski definition) is 4. The summed E-state index contributed by atoms with van der Waals surface area (Å²) in [4.78, 5) is 24.1. The smallest absolute Gasteiger partial charge is 0.341 e. The standard InChI is InChI=1S/C19H23NO3S/c1-5-16(21)20-18-17(19(22)23-6-2)15(11-24-18)14-9-7-13(8-10-14)12(3)4/h7-12H,5-6H2,1-4H3,(H,20,21). The van der Waals surface area contributed by atoms with E-state index in [9.17, 15) is 9.59 Å². The second kappa shape index (κ2) is 8.11. The molecule has 2 aromatic rings. The van der Waals surface area contributed by atoms with E-state index in [0.717, 1.165) is 11.1 Å². The lowest BCUT2D eigenvalue weighted by atomic mass is 9.98. The molecule has 0 spiro atoms. The van der Waals surface area contributed by atoms with Gasteiger partial charge >= 0.3 is 5.97 Å². The lowest BCUT2D eigenvalue weighted by Crippen LogP contribution is -2.13. The molecule has 1 N–H and O–H groups in total. The number of nitrogens with one attached hydrogen (secondary N) is 1. The fourth-order valence-corrected chi connectivity index (χ4v) is 3.30. The molecular weight excluding hydrogens is 322 g/mol. The first-order valence-corrected chi connectivity index (χ1v) is 9.04. The van der Waals surface area contributed by atoms with Crippen molar-refractivity contribution in [2.75, 3.05) is 11.9 Å². The molecule has 0 saturated carbocycles. The van der Waals surface area contributed by atoms with E-state index < -0.39 is 5.97 Å². The number of hydrogen-bond donors (Lipinski definition) is 1. The monoisotopic (exact) mass is 345 g/mol. The first kappa shape index (κ1) is 18.2. The number of thiophene rings is 1. The molecule has 0 unspecified atom stereocenters. The van der Waals surface area contributed by atoms with E-state index in [4.69, 9.17) is 4.74 Å². The van der Waals surface area contributed by atoms with Crippen molar-refractivity contribution in [1.82, 2.24) is 0 Å². The molecule has 1 amide bonds. The Balaban J connectivity index is 2.45. The van der Waals surface area contributed by atoms with Gasteiger partial charge in [0.25, 0.3) is 0 Å². The first-order valence-electron chi connectivity index (χ1n) is 8.16. The van der Waals surface area contributed by atoms with Crippen molar-refractivity contribution in [3.63, 3.8) is 0 Å². The Morgan fingerprint density at radius 2 is 1.83 bits per heavy atom. The molecule has 0 aliphatic carbocycles. The highest BCUT2D eigenvalue weighted by atomic mass is 32.1. The van der Waals surface area contributed by atoms with Crippen molar-refractivity contribution >= 4 is 28.2 Å². The molecule has 0 bridgehead atoms. The highest BCUT2D eigenvalue weighted by molar-refractivity contribution is 7.15. The molecule has 0 aliphatic heterocycles. The van der Waals surface area contributed by atoms with E-state index >= 15 is 0 Å². The van der Waals surface area contributed by atoms with Gasteiger partial charge < -0.3 is 10.1 Å². The van der Waals surface area contributed by atoms with Crippen LogP contribution in [0.15, 0.2) is 29.6 Å². The van der Waals surface area contributed by atoms with Gasteiger partial charge in [-0.05, 0) is 24.0 Å². The molecule has 1 aromatic carbocycles. The summed E-state index contributed by atoms with van der Waals surface area (Å²) in [5.41, 5.74) is 3.41. The maximum absolute atomic E-state index is 12.4. The van der Waals surface area contributed by atoms with Gasteiger partial charge in [0.05, 0.1) is 6.61 Å². The topological polar surface area (TPSA) is 55.4 Å². The third-order valence-corrected chi connectivity index (χ3v) is 4.63. The predicted molar refractivity (Wildman–Crippen MR) is 98.7 cm³/mol. The summed E-state index contributed by atoms with van der Waals surface area (Å²) in [6.07, 6.45) is 0.360. The van der Waals surface area contributed by atoms with Crippen molar-refractivity contribution in [3.8, 4) is 11.1 Å². The van der Waals surface area contributed by atoms with Gasteiger partial charge in [0.1, 0.15) is 10.6 Å². The maximum atomic E-state index is 12.4. The number of benzene rings is 1. The second-order valence-electron chi connectivity index (χ2n) is 5.75. The van der Waals surface area contributed by atoms with Crippen molar-refractivity contribution < 1.29 is 14.3 Å². The molecule has 1 heterocycles. The largest absolute Gasteiger partial charge is 0.462 e. The third kappa shape index (κ3) is 4.03. The number of amides is 1. The molecule has 0 saturated heterocycles. The van der Waals surface area contributed by atoms with Crippen molar-refractivity contribution in [3.05, 3.63) is 40.8 Å². The van der Waals surface area contributed by atoms with Gasteiger partial charge in [-0.15, -0.1) is 11.3 Å². The van der Waals surface area contributed by atoms with Crippen LogP contribution < -0.4 is 5.32 Å². The van der Waals surface area contributed by atoms with Crippen LogP contribution in [0.2, 0.25) is 0 Å². The SMILES string of the molecule is CCOC(=O)c1c(-c2ccc(C(C)C)cc2)csc1NC(=O)CC. The molecular formula is C19H23NO3S. The number of esters is 1. The van der Waals surface area contributed by atoms with E-state index in [0.29, 0.717) is 29.5 Å². The quantitative estimate of drug-likeness (QED) is 0.744. The summed E-state index contributed by atoms with van der Waals surface area (Å²) < 4.78 is 5.18. The Morgan fingerprint density at radius 1 is 1.17 bits per heavy atom. The van der Waals surface area contributed by atoms with Gasteiger partial charge in [-0.1, -0.05) is 45.0 Å². The first-order chi connectivity index (χ1) is 11.5. The molecule has 0 fully saturated rings. The summed E-state index contributed by atoms with van der Waals surface area (Å²) >= 11 is 1.35. The lowest BCUT2D eigenvalue weighted by Gasteiger charge is -2.10. The summed E-state index contributed by atoms with van der Waals surface area (Å²) in [6, 6.07) is 8.14. The Hall–Kier alpha value is -2.14. The van der Waals surface area contributed by atoms with E-state index in [2.05, 4.69) is 31.3 Å². The molecule has 1 aromatic heterocycles.